The number of rotatable bonds is 4. The minimum absolute atomic E-state index is 0.0534. The standard InChI is InChI=1S/C18H26N4O3/c1-12(2)15-11-16(21-20-15)19-17(23)13-5-3-4-6-14(13)18(24)22-7-9-25-10-8-22/h3-4,11-14H,5-10H2,1-2H3,(H2,19,20,21,23)/t13-,14-/m0/s1. The summed E-state index contributed by atoms with van der Waals surface area (Å²) in [6.07, 6.45) is 5.16. The van der Waals surface area contributed by atoms with Crippen molar-refractivity contribution >= 4 is 17.6 Å². The maximum Gasteiger partial charge on any atom is 0.229 e. The van der Waals surface area contributed by atoms with E-state index < -0.39 is 0 Å². The van der Waals surface area contributed by atoms with Crippen LogP contribution in [0.2, 0.25) is 0 Å². The van der Waals surface area contributed by atoms with Crippen molar-refractivity contribution in [2.75, 3.05) is 31.6 Å². The number of aromatic nitrogens is 2. The first-order chi connectivity index (χ1) is 12.1. The zero-order chi connectivity index (χ0) is 17.8. The summed E-state index contributed by atoms with van der Waals surface area (Å²) in [5, 5.41) is 9.94. The summed E-state index contributed by atoms with van der Waals surface area (Å²) in [4.78, 5) is 27.4. The van der Waals surface area contributed by atoms with Gasteiger partial charge in [0.2, 0.25) is 11.8 Å². The normalized spacial score (nSPS) is 23.7. The fraction of sp³-hybridized carbons (Fsp3) is 0.611. The highest BCUT2D eigenvalue weighted by Gasteiger charge is 2.37. The highest BCUT2D eigenvalue weighted by atomic mass is 16.5. The predicted molar refractivity (Wildman–Crippen MR) is 94.1 cm³/mol. The van der Waals surface area contributed by atoms with Crippen LogP contribution < -0.4 is 5.32 Å². The highest BCUT2D eigenvalue weighted by molar-refractivity contribution is 5.95. The summed E-state index contributed by atoms with van der Waals surface area (Å²) in [5.41, 5.74) is 0.972. The molecule has 2 atom stereocenters. The molecule has 0 saturated carbocycles. The molecule has 0 spiro atoms. The molecule has 25 heavy (non-hydrogen) atoms. The van der Waals surface area contributed by atoms with Gasteiger partial charge in [0, 0.05) is 24.8 Å². The number of hydrogen-bond donors (Lipinski definition) is 2. The molecule has 1 saturated heterocycles. The summed E-state index contributed by atoms with van der Waals surface area (Å²) in [6, 6.07) is 1.85. The Labute approximate surface area is 147 Å². The number of H-pyrrole nitrogens is 1. The van der Waals surface area contributed by atoms with Crippen molar-refractivity contribution in [3.05, 3.63) is 23.9 Å². The Kier molecular flexibility index (Phi) is 5.53. The molecule has 1 aromatic heterocycles. The van der Waals surface area contributed by atoms with Crippen LogP contribution in [-0.4, -0.2) is 53.2 Å². The molecule has 1 aliphatic heterocycles. The second-order valence-corrected chi connectivity index (χ2v) is 6.95. The maximum absolute atomic E-state index is 12.8. The first-order valence-corrected chi connectivity index (χ1v) is 8.94. The number of carbonyl (C=O) groups excluding carboxylic acids is 2. The fourth-order valence-electron chi connectivity index (χ4n) is 3.31. The van der Waals surface area contributed by atoms with Crippen LogP contribution >= 0.6 is 0 Å². The lowest BCUT2D eigenvalue weighted by Gasteiger charge is -2.34. The van der Waals surface area contributed by atoms with Crippen molar-refractivity contribution in [3.8, 4) is 0 Å². The SMILES string of the molecule is CC(C)c1cc(NC(=O)[C@H]2CC=CC[C@@H]2C(=O)N2CCOCC2)n[nH]1. The third kappa shape index (κ3) is 4.10. The number of ether oxygens (including phenoxy) is 1. The summed E-state index contributed by atoms with van der Waals surface area (Å²) in [6.45, 7) is 6.45. The predicted octanol–water partition coefficient (Wildman–Crippen LogP) is 1.91. The van der Waals surface area contributed by atoms with Crippen molar-refractivity contribution in [2.45, 2.75) is 32.6 Å². The molecule has 0 radical (unpaired) electrons. The zero-order valence-corrected chi connectivity index (χ0v) is 14.8. The van der Waals surface area contributed by atoms with E-state index in [2.05, 4.69) is 29.4 Å². The Bertz CT molecular complexity index is 647. The molecule has 2 amide bonds. The van der Waals surface area contributed by atoms with Crippen LogP contribution in [0.25, 0.3) is 0 Å². The Hall–Kier alpha value is -2.15. The number of allylic oxidation sites excluding steroid dienone is 2. The van der Waals surface area contributed by atoms with E-state index in [-0.39, 0.29) is 23.7 Å². The number of aromatic amines is 1. The largest absolute Gasteiger partial charge is 0.378 e. The maximum atomic E-state index is 12.8. The Morgan fingerprint density at radius 1 is 1.24 bits per heavy atom. The molecule has 2 N–H and O–H groups in total. The average Bonchev–Trinajstić information content (AvgIpc) is 3.10. The van der Waals surface area contributed by atoms with Gasteiger partial charge in [-0.15, -0.1) is 0 Å². The van der Waals surface area contributed by atoms with Crippen molar-refractivity contribution in [3.63, 3.8) is 0 Å². The molecule has 3 rings (SSSR count). The van der Waals surface area contributed by atoms with Crippen LogP contribution in [0.4, 0.5) is 5.82 Å². The highest BCUT2D eigenvalue weighted by Crippen LogP contribution is 2.29. The quantitative estimate of drug-likeness (QED) is 0.815. The molecule has 7 nitrogen and oxygen atoms in total. The number of anilines is 1. The van der Waals surface area contributed by atoms with Crippen LogP contribution in [-0.2, 0) is 14.3 Å². The topological polar surface area (TPSA) is 87.3 Å². The van der Waals surface area contributed by atoms with Crippen LogP contribution in [0, 0.1) is 11.8 Å². The van der Waals surface area contributed by atoms with Gasteiger partial charge in [0.15, 0.2) is 5.82 Å². The van der Waals surface area contributed by atoms with Gasteiger partial charge >= 0.3 is 0 Å². The molecular weight excluding hydrogens is 320 g/mol. The number of nitrogens with zero attached hydrogens (tertiary/aromatic N) is 2. The Morgan fingerprint density at radius 2 is 1.92 bits per heavy atom. The summed E-state index contributed by atoms with van der Waals surface area (Å²) in [7, 11) is 0. The Balaban J connectivity index is 1.68. The zero-order valence-electron chi connectivity index (χ0n) is 14.8. The van der Waals surface area contributed by atoms with Crippen LogP contribution in [0.5, 0.6) is 0 Å². The lowest BCUT2D eigenvalue weighted by atomic mass is 9.81. The monoisotopic (exact) mass is 346 g/mol. The molecule has 0 unspecified atom stereocenters. The fourth-order valence-corrected chi connectivity index (χ4v) is 3.31. The first-order valence-electron chi connectivity index (χ1n) is 8.94. The van der Waals surface area contributed by atoms with Crippen LogP contribution in [0.15, 0.2) is 18.2 Å². The summed E-state index contributed by atoms with van der Waals surface area (Å²) >= 11 is 0. The van der Waals surface area contributed by atoms with Crippen LogP contribution in [0.1, 0.15) is 38.3 Å². The van der Waals surface area contributed by atoms with Crippen molar-refractivity contribution in [1.82, 2.24) is 15.1 Å². The second kappa shape index (κ2) is 7.82. The molecule has 7 heteroatoms. The Morgan fingerprint density at radius 3 is 2.56 bits per heavy atom. The minimum atomic E-state index is -0.362. The number of nitrogens with one attached hydrogen (secondary N) is 2. The minimum Gasteiger partial charge on any atom is -0.378 e. The van der Waals surface area contributed by atoms with Gasteiger partial charge in [-0.2, -0.15) is 5.10 Å². The molecule has 0 bridgehead atoms. The molecule has 1 aliphatic carbocycles. The third-order valence-electron chi connectivity index (χ3n) is 4.88. The van der Waals surface area contributed by atoms with Crippen molar-refractivity contribution in [1.29, 1.82) is 0 Å². The molecule has 2 heterocycles. The lowest BCUT2D eigenvalue weighted by molar-refractivity contribution is -0.144. The van der Waals surface area contributed by atoms with E-state index in [4.69, 9.17) is 4.74 Å². The smallest absolute Gasteiger partial charge is 0.229 e. The van der Waals surface area contributed by atoms with Gasteiger partial charge < -0.3 is 15.0 Å². The second-order valence-electron chi connectivity index (χ2n) is 6.95. The van der Waals surface area contributed by atoms with Gasteiger partial charge in [0.25, 0.3) is 0 Å². The number of morpholine rings is 1. The van der Waals surface area contributed by atoms with E-state index in [9.17, 15) is 9.59 Å². The number of amides is 2. The van der Waals surface area contributed by atoms with E-state index in [0.717, 1.165) is 5.69 Å². The van der Waals surface area contributed by atoms with E-state index in [1.807, 2.05) is 23.1 Å². The molecule has 2 aliphatic rings. The van der Waals surface area contributed by atoms with E-state index in [0.29, 0.717) is 50.9 Å². The number of carbonyl (C=O) groups is 2. The van der Waals surface area contributed by atoms with Crippen LogP contribution in [0.3, 0.4) is 0 Å². The van der Waals surface area contributed by atoms with Gasteiger partial charge in [0.1, 0.15) is 0 Å². The molecule has 0 aromatic carbocycles. The van der Waals surface area contributed by atoms with Gasteiger partial charge in [-0.1, -0.05) is 26.0 Å². The summed E-state index contributed by atoms with van der Waals surface area (Å²) in [5.74, 6) is 0.0638. The van der Waals surface area contributed by atoms with Gasteiger partial charge in [-0.3, -0.25) is 14.7 Å². The van der Waals surface area contributed by atoms with E-state index in [1.54, 1.807) is 0 Å². The third-order valence-corrected chi connectivity index (χ3v) is 4.88. The average molecular weight is 346 g/mol. The van der Waals surface area contributed by atoms with Gasteiger partial charge in [-0.25, -0.2) is 0 Å². The molecular formula is C18H26N4O3. The van der Waals surface area contributed by atoms with E-state index >= 15 is 0 Å². The number of hydrogen-bond acceptors (Lipinski definition) is 4. The van der Waals surface area contributed by atoms with Crippen molar-refractivity contribution < 1.29 is 14.3 Å². The molecule has 1 aromatic rings. The molecule has 136 valence electrons. The van der Waals surface area contributed by atoms with Gasteiger partial charge in [-0.05, 0) is 18.8 Å². The van der Waals surface area contributed by atoms with E-state index in [1.165, 1.54) is 0 Å². The first kappa shape index (κ1) is 17.7. The molecule has 1 fully saturated rings. The van der Waals surface area contributed by atoms with Gasteiger partial charge in [0.05, 0.1) is 25.0 Å². The summed E-state index contributed by atoms with van der Waals surface area (Å²) < 4.78 is 5.31. The van der Waals surface area contributed by atoms with Crippen molar-refractivity contribution in [2.24, 2.45) is 11.8 Å². The lowest BCUT2D eigenvalue weighted by Crippen LogP contribution is -2.47.